The summed E-state index contributed by atoms with van der Waals surface area (Å²) < 4.78 is 35.1. The fraction of sp³-hybridized carbons (Fsp3) is 0.366. The Hall–Kier alpha value is -5.15. The van der Waals surface area contributed by atoms with Gasteiger partial charge in [0.05, 0.1) is 23.0 Å². The maximum Gasteiger partial charge on any atom is 0.407 e. The standard InChI is InChI=1S/C41H50N6O7S/c1-30(2)23-26-46(55(52,53)35-21-19-34(20-22-35)47(50)51)37-29-45(27-31-13-7-4-8-14-31)28-36(37)42-24-25-43-40(48)39(44-41(49)54-3)38(32-15-9-5-10-16-32)33-17-11-6-12-18-33/h4-22,30,36-39,42H,23-29H2,1-3H3,(H,43,48)(H,44,49)/t36-,37-,39+/m1/s1. The molecule has 3 atom stereocenters. The number of ether oxygens (including phenoxy) is 1. The summed E-state index contributed by atoms with van der Waals surface area (Å²) in [4.78, 5) is 39.5. The number of nitro groups is 1. The number of nitrogens with one attached hydrogen (secondary N) is 3. The van der Waals surface area contributed by atoms with Gasteiger partial charge >= 0.3 is 6.09 Å². The first-order valence-corrected chi connectivity index (χ1v) is 19.9. The summed E-state index contributed by atoms with van der Waals surface area (Å²) in [6, 6.07) is 32.1. The molecule has 0 aliphatic carbocycles. The zero-order valence-electron chi connectivity index (χ0n) is 31.4. The number of alkyl carbamates (subject to hydrolysis) is 1. The number of hydrogen-bond donors (Lipinski definition) is 3. The van der Waals surface area contributed by atoms with Crippen LogP contribution in [0.5, 0.6) is 0 Å². The van der Waals surface area contributed by atoms with E-state index in [0.29, 0.717) is 32.6 Å². The molecule has 4 aromatic carbocycles. The number of nitro benzene ring substituents is 1. The average Bonchev–Trinajstić information content (AvgIpc) is 3.58. The highest BCUT2D eigenvalue weighted by atomic mass is 32.2. The van der Waals surface area contributed by atoms with Crippen LogP contribution < -0.4 is 16.0 Å². The molecule has 0 unspecified atom stereocenters. The quantitative estimate of drug-likeness (QED) is 0.0706. The smallest absolute Gasteiger partial charge is 0.407 e. The zero-order chi connectivity index (χ0) is 39.4. The van der Waals surface area contributed by atoms with Crippen LogP contribution in [0.25, 0.3) is 0 Å². The van der Waals surface area contributed by atoms with Crippen molar-refractivity contribution < 1.29 is 27.7 Å². The molecule has 0 aromatic heterocycles. The number of sulfonamides is 1. The Morgan fingerprint density at radius 2 is 1.45 bits per heavy atom. The maximum atomic E-state index is 14.3. The van der Waals surface area contributed by atoms with Gasteiger partial charge in [0.1, 0.15) is 6.04 Å². The highest BCUT2D eigenvalue weighted by molar-refractivity contribution is 7.89. The Kier molecular flexibility index (Phi) is 14.5. The molecule has 55 heavy (non-hydrogen) atoms. The van der Waals surface area contributed by atoms with E-state index in [9.17, 15) is 28.1 Å². The number of likely N-dealkylation sites (tertiary alicyclic amines) is 1. The van der Waals surface area contributed by atoms with Crippen LogP contribution in [0, 0.1) is 16.0 Å². The normalized spacial score (nSPS) is 16.6. The van der Waals surface area contributed by atoms with Crippen molar-refractivity contribution in [3.8, 4) is 0 Å². The Balaban J connectivity index is 1.37. The minimum atomic E-state index is -4.06. The summed E-state index contributed by atoms with van der Waals surface area (Å²) in [5.41, 5.74) is 2.58. The lowest BCUT2D eigenvalue weighted by Crippen LogP contribution is -2.54. The van der Waals surface area contributed by atoms with Gasteiger partial charge in [-0.2, -0.15) is 4.31 Å². The van der Waals surface area contributed by atoms with E-state index in [4.69, 9.17) is 4.74 Å². The Morgan fingerprint density at radius 3 is 2.00 bits per heavy atom. The van der Waals surface area contributed by atoms with Gasteiger partial charge in [-0.25, -0.2) is 13.2 Å². The number of non-ortho nitro benzene ring substituents is 1. The molecule has 1 fully saturated rings. The van der Waals surface area contributed by atoms with Gasteiger partial charge in [0.25, 0.3) is 5.69 Å². The highest BCUT2D eigenvalue weighted by Crippen LogP contribution is 2.30. The number of carbonyl (C=O) groups excluding carboxylic acids is 2. The van der Waals surface area contributed by atoms with Gasteiger partial charge in [-0.3, -0.25) is 19.8 Å². The second-order valence-corrected chi connectivity index (χ2v) is 16.0. The molecule has 2 amide bonds. The SMILES string of the molecule is COC(=O)N[C@H](C(=O)NCCN[C@@H]1CN(Cc2ccccc2)C[C@H]1N(CCC(C)C)S(=O)(=O)c1ccc([N+](=O)[O-])cc1)C(c1ccccc1)c1ccccc1. The van der Waals surface area contributed by atoms with Crippen LogP contribution in [0.3, 0.4) is 0 Å². The minimum Gasteiger partial charge on any atom is -0.453 e. The molecule has 13 nitrogen and oxygen atoms in total. The van der Waals surface area contributed by atoms with E-state index in [0.717, 1.165) is 16.7 Å². The Bertz CT molecular complexity index is 1910. The van der Waals surface area contributed by atoms with Crippen molar-refractivity contribution in [2.24, 2.45) is 5.92 Å². The number of amides is 2. The minimum absolute atomic E-state index is 0.00934. The van der Waals surface area contributed by atoms with Crippen LogP contribution >= 0.6 is 0 Å². The predicted octanol–water partition coefficient (Wildman–Crippen LogP) is 5.15. The molecule has 1 heterocycles. The predicted molar refractivity (Wildman–Crippen MR) is 211 cm³/mol. The summed E-state index contributed by atoms with van der Waals surface area (Å²) in [6.07, 6.45) is -0.124. The molecule has 1 saturated heterocycles. The molecule has 3 N–H and O–H groups in total. The molecule has 14 heteroatoms. The van der Waals surface area contributed by atoms with Crippen molar-refractivity contribution in [3.63, 3.8) is 0 Å². The first-order chi connectivity index (χ1) is 26.5. The molecule has 5 rings (SSSR count). The largest absolute Gasteiger partial charge is 0.453 e. The van der Waals surface area contributed by atoms with Crippen molar-refractivity contribution in [2.45, 2.75) is 55.8 Å². The van der Waals surface area contributed by atoms with Crippen LogP contribution in [-0.2, 0) is 26.1 Å². The van der Waals surface area contributed by atoms with Crippen LogP contribution in [0.15, 0.2) is 120 Å². The lowest BCUT2D eigenvalue weighted by molar-refractivity contribution is -0.384. The number of nitrogens with zero attached hydrogens (tertiary/aromatic N) is 3. The summed E-state index contributed by atoms with van der Waals surface area (Å²) in [5, 5.41) is 20.6. The third-order valence-corrected chi connectivity index (χ3v) is 11.7. The van der Waals surface area contributed by atoms with E-state index >= 15 is 0 Å². The van der Waals surface area contributed by atoms with E-state index in [1.165, 1.54) is 35.7 Å². The summed E-state index contributed by atoms with van der Waals surface area (Å²) in [6.45, 7) is 6.44. The molecule has 4 aromatic rings. The Morgan fingerprint density at radius 1 is 0.873 bits per heavy atom. The molecule has 0 radical (unpaired) electrons. The number of hydrogen-bond acceptors (Lipinski definition) is 9. The maximum absolute atomic E-state index is 14.3. The third-order valence-electron chi connectivity index (χ3n) is 9.79. The van der Waals surface area contributed by atoms with Gasteiger partial charge in [0.2, 0.25) is 15.9 Å². The topological polar surface area (TPSA) is 163 Å². The van der Waals surface area contributed by atoms with Crippen molar-refractivity contribution in [3.05, 3.63) is 142 Å². The number of methoxy groups -OCH3 is 1. The van der Waals surface area contributed by atoms with Crippen LogP contribution in [0.1, 0.15) is 42.9 Å². The number of benzene rings is 4. The van der Waals surface area contributed by atoms with Crippen molar-refractivity contribution in [1.82, 2.24) is 25.2 Å². The molecule has 1 aliphatic heterocycles. The Labute approximate surface area is 323 Å². The summed E-state index contributed by atoms with van der Waals surface area (Å²) in [7, 11) is -2.81. The van der Waals surface area contributed by atoms with E-state index in [1.807, 2.05) is 105 Å². The zero-order valence-corrected chi connectivity index (χ0v) is 32.2. The van der Waals surface area contributed by atoms with Crippen molar-refractivity contribution in [1.29, 1.82) is 0 Å². The second-order valence-electron chi connectivity index (χ2n) is 14.1. The van der Waals surface area contributed by atoms with E-state index in [2.05, 4.69) is 20.9 Å². The van der Waals surface area contributed by atoms with Crippen LogP contribution in [-0.4, -0.2) is 92.5 Å². The molecule has 1 aliphatic rings. The molecular weight excluding hydrogens is 721 g/mol. The lowest BCUT2D eigenvalue weighted by atomic mass is 9.84. The second kappa shape index (κ2) is 19.4. The van der Waals surface area contributed by atoms with E-state index < -0.39 is 44.9 Å². The first kappa shape index (κ1) is 41.0. The van der Waals surface area contributed by atoms with Gasteiger partial charge < -0.3 is 20.7 Å². The van der Waals surface area contributed by atoms with Gasteiger partial charge in [0.15, 0.2) is 0 Å². The van der Waals surface area contributed by atoms with Gasteiger partial charge in [-0.05, 0) is 41.2 Å². The molecule has 0 bridgehead atoms. The third kappa shape index (κ3) is 11.0. The van der Waals surface area contributed by atoms with Crippen molar-refractivity contribution >= 4 is 27.7 Å². The molecule has 0 saturated carbocycles. The van der Waals surface area contributed by atoms with E-state index in [-0.39, 0.29) is 35.6 Å². The average molecular weight is 771 g/mol. The monoisotopic (exact) mass is 770 g/mol. The molecular formula is C41H50N6O7S. The first-order valence-electron chi connectivity index (χ1n) is 18.5. The number of carbonyl (C=O) groups is 2. The molecule has 292 valence electrons. The lowest BCUT2D eigenvalue weighted by Gasteiger charge is -2.33. The van der Waals surface area contributed by atoms with E-state index in [1.54, 1.807) is 0 Å². The molecule has 0 spiro atoms. The fourth-order valence-corrected chi connectivity index (χ4v) is 8.66. The van der Waals surface area contributed by atoms with Crippen LogP contribution in [0.2, 0.25) is 0 Å². The van der Waals surface area contributed by atoms with Gasteiger partial charge in [-0.15, -0.1) is 0 Å². The van der Waals surface area contributed by atoms with Crippen LogP contribution in [0.4, 0.5) is 10.5 Å². The van der Waals surface area contributed by atoms with Crippen molar-refractivity contribution in [2.75, 3.05) is 39.8 Å². The van der Waals surface area contributed by atoms with Gasteiger partial charge in [0, 0.05) is 63.4 Å². The fourth-order valence-electron chi connectivity index (χ4n) is 6.99. The summed E-state index contributed by atoms with van der Waals surface area (Å²) >= 11 is 0. The van der Waals surface area contributed by atoms with Gasteiger partial charge in [-0.1, -0.05) is 105 Å². The summed E-state index contributed by atoms with van der Waals surface area (Å²) in [5.74, 6) is -0.697. The number of rotatable bonds is 18. The highest BCUT2D eigenvalue weighted by Gasteiger charge is 2.42.